The number of carboxylic acid groups (broad SMARTS) is 2. The van der Waals surface area contributed by atoms with Crippen molar-refractivity contribution in [2.45, 2.75) is 38.2 Å². The lowest BCUT2D eigenvalue weighted by Gasteiger charge is -2.34. The number of hydroxylamine groups is 2. The molecule has 4 rings (SSSR count). The second-order valence-electron chi connectivity index (χ2n) is 9.12. The Kier molecular flexibility index (Phi) is 11.9. The zero-order valence-corrected chi connectivity index (χ0v) is 20.7. The van der Waals surface area contributed by atoms with Crippen molar-refractivity contribution in [3.8, 4) is 0 Å². The number of hydrogen-bond donors (Lipinski definition) is 2. The molecule has 220 valence electrons. The third kappa shape index (κ3) is 11.0. The molecule has 3 aliphatic rings. The zero-order chi connectivity index (χ0) is 29.2. The van der Waals surface area contributed by atoms with Crippen molar-refractivity contribution in [1.29, 1.82) is 0 Å². The second kappa shape index (κ2) is 14.4. The van der Waals surface area contributed by atoms with Gasteiger partial charge in [-0.05, 0) is 42.2 Å². The van der Waals surface area contributed by atoms with Crippen molar-refractivity contribution in [1.82, 2.24) is 14.9 Å². The van der Waals surface area contributed by atoms with Gasteiger partial charge in [0.05, 0.1) is 19.8 Å². The van der Waals surface area contributed by atoms with Gasteiger partial charge < -0.3 is 14.9 Å². The Labute approximate surface area is 219 Å². The van der Waals surface area contributed by atoms with E-state index in [2.05, 4.69) is 16.0 Å². The fourth-order valence-corrected chi connectivity index (χ4v) is 4.40. The number of halogens is 6. The topological polar surface area (TPSA) is 130 Å². The smallest absolute Gasteiger partial charge is 0.475 e. The molecule has 3 saturated heterocycles. The molecule has 16 heteroatoms. The number of nitrogens with zero attached hydrogens (tertiary/aromatic N) is 3. The Morgan fingerprint density at radius 3 is 2.15 bits per heavy atom. The molecule has 0 spiro atoms. The number of alkyl halides is 6. The van der Waals surface area contributed by atoms with E-state index in [0.29, 0.717) is 37.4 Å². The van der Waals surface area contributed by atoms with E-state index in [1.165, 1.54) is 5.56 Å². The summed E-state index contributed by atoms with van der Waals surface area (Å²) >= 11 is 0. The Morgan fingerprint density at radius 2 is 1.64 bits per heavy atom. The molecular formula is C23H29F6N3O7. The molecule has 1 aromatic heterocycles. The maximum atomic E-state index is 12.6. The molecule has 1 aromatic rings. The first kappa shape index (κ1) is 32.2. The largest absolute Gasteiger partial charge is 0.490 e. The van der Waals surface area contributed by atoms with E-state index in [4.69, 9.17) is 29.4 Å². The van der Waals surface area contributed by atoms with Crippen LogP contribution in [0.15, 0.2) is 24.5 Å². The van der Waals surface area contributed by atoms with Gasteiger partial charge in [-0.1, -0.05) is 6.07 Å². The number of fused-ring (bicyclic) bond motifs is 1. The van der Waals surface area contributed by atoms with Gasteiger partial charge in [-0.15, -0.1) is 0 Å². The second-order valence-corrected chi connectivity index (χ2v) is 9.12. The van der Waals surface area contributed by atoms with Gasteiger partial charge >= 0.3 is 24.3 Å². The number of rotatable bonds is 4. The first-order valence-corrected chi connectivity index (χ1v) is 11.9. The summed E-state index contributed by atoms with van der Waals surface area (Å²) in [6.07, 6.45) is -3.79. The van der Waals surface area contributed by atoms with Gasteiger partial charge in [-0.3, -0.25) is 19.5 Å². The predicted molar refractivity (Wildman–Crippen MR) is 120 cm³/mol. The zero-order valence-electron chi connectivity index (χ0n) is 20.7. The number of amides is 1. The highest BCUT2D eigenvalue weighted by atomic mass is 19.4. The number of aliphatic carboxylic acids is 2. The summed E-state index contributed by atoms with van der Waals surface area (Å²) in [5.74, 6) is -4.01. The van der Waals surface area contributed by atoms with Gasteiger partial charge in [-0.25, -0.2) is 14.7 Å². The van der Waals surface area contributed by atoms with Crippen molar-refractivity contribution >= 4 is 17.8 Å². The van der Waals surface area contributed by atoms with E-state index in [-0.39, 0.29) is 5.91 Å². The van der Waals surface area contributed by atoms with Crippen LogP contribution in [0.25, 0.3) is 0 Å². The maximum absolute atomic E-state index is 12.6. The number of hydrogen-bond acceptors (Lipinski definition) is 7. The van der Waals surface area contributed by atoms with Crippen molar-refractivity contribution in [2.24, 2.45) is 17.8 Å². The van der Waals surface area contributed by atoms with Crippen molar-refractivity contribution in [3.63, 3.8) is 0 Å². The quantitative estimate of drug-likeness (QED) is 0.523. The van der Waals surface area contributed by atoms with Crippen LogP contribution >= 0.6 is 0 Å². The summed E-state index contributed by atoms with van der Waals surface area (Å²) in [4.78, 5) is 42.6. The molecule has 1 amide bonds. The van der Waals surface area contributed by atoms with Crippen LogP contribution in [0.3, 0.4) is 0 Å². The van der Waals surface area contributed by atoms with E-state index in [9.17, 15) is 31.1 Å². The maximum Gasteiger partial charge on any atom is 0.490 e. The van der Waals surface area contributed by atoms with Gasteiger partial charge in [0, 0.05) is 45.0 Å². The highest BCUT2D eigenvalue weighted by Crippen LogP contribution is 2.36. The van der Waals surface area contributed by atoms with E-state index < -0.39 is 24.3 Å². The number of carbonyl (C=O) groups excluding carboxylic acids is 1. The summed E-state index contributed by atoms with van der Waals surface area (Å²) in [6.45, 7) is 5.93. The summed E-state index contributed by atoms with van der Waals surface area (Å²) in [7, 11) is 0. The van der Waals surface area contributed by atoms with Crippen LogP contribution in [0.2, 0.25) is 0 Å². The molecule has 3 aliphatic heterocycles. The van der Waals surface area contributed by atoms with Crippen LogP contribution in [-0.4, -0.2) is 94.8 Å². The normalized spacial score (nSPS) is 23.4. The molecule has 0 saturated carbocycles. The van der Waals surface area contributed by atoms with Crippen LogP contribution < -0.4 is 0 Å². The Bertz CT molecular complexity index is 918. The number of pyridine rings is 1. The summed E-state index contributed by atoms with van der Waals surface area (Å²) < 4.78 is 69.3. The van der Waals surface area contributed by atoms with Gasteiger partial charge in [0.2, 0.25) is 5.91 Å². The van der Waals surface area contributed by atoms with Crippen molar-refractivity contribution in [2.75, 3.05) is 39.5 Å². The molecule has 3 atom stereocenters. The first-order chi connectivity index (χ1) is 18.2. The Morgan fingerprint density at radius 1 is 1.00 bits per heavy atom. The highest BCUT2D eigenvalue weighted by Gasteiger charge is 2.42. The molecular weight excluding hydrogens is 544 g/mol. The van der Waals surface area contributed by atoms with Crippen molar-refractivity contribution < 1.29 is 60.5 Å². The minimum Gasteiger partial charge on any atom is -0.475 e. The van der Waals surface area contributed by atoms with Gasteiger partial charge in [-0.2, -0.15) is 26.3 Å². The molecule has 0 bridgehead atoms. The molecule has 2 N–H and O–H groups in total. The van der Waals surface area contributed by atoms with Crippen molar-refractivity contribution in [3.05, 3.63) is 30.1 Å². The minimum absolute atomic E-state index is 0.125. The molecule has 0 unspecified atom stereocenters. The molecule has 10 nitrogen and oxygen atoms in total. The van der Waals surface area contributed by atoms with Crippen LogP contribution in [0.5, 0.6) is 0 Å². The number of ether oxygens (including phenoxy) is 1. The minimum atomic E-state index is -5.08. The lowest BCUT2D eigenvalue weighted by molar-refractivity contribution is -0.199. The van der Waals surface area contributed by atoms with Gasteiger partial charge in [0.15, 0.2) is 0 Å². The Balaban J connectivity index is 0.000000317. The SMILES string of the molecule is O=C(C[C@@H]1COC[C@H]2CN(Cc3cccnc3)C[C@@H]12)N1CCCCO1.O=C(O)C(F)(F)F.O=C(O)C(F)(F)F. The van der Waals surface area contributed by atoms with E-state index in [0.717, 1.165) is 45.6 Å². The fourth-order valence-electron chi connectivity index (χ4n) is 4.40. The highest BCUT2D eigenvalue weighted by molar-refractivity contribution is 5.75. The van der Waals surface area contributed by atoms with E-state index in [1.807, 2.05) is 18.5 Å². The third-order valence-corrected chi connectivity index (χ3v) is 6.17. The van der Waals surface area contributed by atoms with Gasteiger partial charge in [0.1, 0.15) is 0 Å². The number of carboxylic acids is 2. The molecule has 0 aliphatic carbocycles. The predicted octanol–water partition coefficient (Wildman–Crippen LogP) is 2.99. The average Bonchev–Trinajstić information content (AvgIpc) is 3.28. The summed E-state index contributed by atoms with van der Waals surface area (Å²) in [6, 6.07) is 4.11. The first-order valence-electron chi connectivity index (χ1n) is 11.9. The van der Waals surface area contributed by atoms with Crippen LogP contribution in [0.1, 0.15) is 24.8 Å². The van der Waals surface area contributed by atoms with Crippen LogP contribution in [-0.2, 0) is 30.5 Å². The lowest BCUT2D eigenvalue weighted by atomic mass is 9.81. The Hall–Kier alpha value is -2.98. The standard InChI is InChI=1S/C19H27N3O3.2C2HF3O2/c23-19(22-6-1-2-7-25-22)8-16-13-24-14-17-11-21(12-18(16)17)10-15-4-3-5-20-9-15;2*3-2(4,5)1(6)7/h3-5,9,16-18H,1-2,6-8,10-14H2;2*(H,6,7)/t16-,17-,18+;;/m1../s1. The van der Waals surface area contributed by atoms with E-state index >= 15 is 0 Å². The van der Waals surface area contributed by atoms with E-state index in [1.54, 1.807) is 5.06 Å². The molecule has 3 fully saturated rings. The number of carbonyl (C=O) groups is 3. The molecule has 0 radical (unpaired) electrons. The molecule has 0 aromatic carbocycles. The molecule has 39 heavy (non-hydrogen) atoms. The monoisotopic (exact) mass is 573 g/mol. The lowest BCUT2D eigenvalue weighted by Crippen LogP contribution is -2.41. The third-order valence-electron chi connectivity index (χ3n) is 6.17. The van der Waals surface area contributed by atoms with Gasteiger partial charge in [0.25, 0.3) is 0 Å². The summed E-state index contributed by atoms with van der Waals surface area (Å²) in [5, 5.41) is 15.8. The number of likely N-dealkylation sites (tertiary alicyclic amines) is 1. The number of aromatic nitrogens is 1. The summed E-state index contributed by atoms with van der Waals surface area (Å²) in [5.41, 5.74) is 1.25. The fraction of sp³-hybridized carbons (Fsp3) is 0.652. The van der Waals surface area contributed by atoms with Crippen LogP contribution in [0.4, 0.5) is 26.3 Å². The molecule has 4 heterocycles. The van der Waals surface area contributed by atoms with Crippen LogP contribution in [0, 0.1) is 17.8 Å². The average molecular weight is 573 g/mol.